The molecule has 2 heterocycles. The Hall–Kier alpha value is -4.05. The number of nitrogens with one attached hydrogen (secondary N) is 2. The number of hydrogen-bond acceptors (Lipinski definition) is 6. The first-order valence-corrected chi connectivity index (χ1v) is 20.7. The van der Waals surface area contributed by atoms with Crippen molar-refractivity contribution in [3.63, 3.8) is 0 Å². The van der Waals surface area contributed by atoms with Crippen LogP contribution in [0, 0.1) is 17.8 Å². The van der Waals surface area contributed by atoms with Crippen molar-refractivity contribution in [3.05, 3.63) is 131 Å². The first-order chi connectivity index (χ1) is 27.0. The Bertz CT molecular complexity index is 1860. The molecule has 10 rings (SSSR count). The van der Waals surface area contributed by atoms with E-state index >= 15 is 0 Å². The molecule has 0 unspecified atom stereocenters. The van der Waals surface area contributed by atoms with Crippen LogP contribution in [-0.4, -0.2) is 65.3 Å². The summed E-state index contributed by atoms with van der Waals surface area (Å²) in [5.41, 5.74) is 7.65. The molecular weight excluding hydrogens is 685 g/mol. The van der Waals surface area contributed by atoms with Crippen LogP contribution in [0.15, 0.2) is 103 Å². The highest BCUT2D eigenvalue weighted by molar-refractivity contribution is 5.76. The lowest BCUT2D eigenvalue weighted by atomic mass is 9.53. The van der Waals surface area contributed by atoms with Crippen LogP contribution < -0.4 is 10.6 Å². The number of ether oxygens (including phenoxy) is 2. The van der Waals surface area contributed by atoms with Gasteiger partial charge in [-0.1, -0.05) is 103 Å². The third kappa shape index (κ3) is 8.54. The minimum Gasteiger partial charge on any atom is -0.392 e. The second kappa shape index (κ2) is 16.2. The summed E-state index contributed by atoms with van der Waals surface area (Å²) in [4.78, 5) is 18.4. The van der Waals surface area contributed by atoms with Gasteiger partial charge in [0.2, 0.25) is 0 Å². The summed E-state index contributed by atoms with van der Waals surface area (Å²) in [6, 6.07) is 35.7. The van der Waals surface area contributed by atoms with E-state index in [-0.39, 0.29) is 30.4 Å². The molecular formula is C47H56N4O4. The Labute approximate surface area is 326 Å². The highest BCUT2D eigenvalue weighted by Crippen LogP contribution is 2.55. The van der Waals surface area contributed by atoms with E-state index in [1.54, 1.807) is 0 Å². The minimum absolute atomic E-state index is 0.00412. The number of hydrogen-bond donors (Lipinski definition) is 3. The van der Waals surface area contributed by atoms with Crippen molar-refractivity contribution >= 4 is 6.03 Å². The molecule has 2 aliphatic heterocycles. The van der Waals surface area contributed by atoms with Crippen molar-refractivity contribution < 1.29 is 19.4 Å². The van der Waals surface area contributed by atoms with Gasteiger partial charge in [0.1, 0.15) is 0 Å². The predicted octanol–water partition coefficient (Wildman–Crippen LogP) is 7.98. The van der Waals surface area contributed by atoms with Crippen LogP contribution >= 0.6 is 0 Å². The third-order valence-corrected chi connectivity index (χ3v) is 13.2. The van der Waals surface area contributed by atoms with Gasteiger partial charge in [0, 0.05) is 63.3 Å². The maximum atomic E-state index is 13.3. The highest BCUT2D eigenvalue weighted by atomic mass is 16.7. The molecule has 6 aliphatic rings. The van der Waals surface area contributed by atoms with Crippen LogP contribution in [0.4, 0.5) is 4.79 Å². The topological polar surface area (TPSA) is 86.3 Å². The summed E-state index contributed by atoms with van der Waals surface area (Å²) in [5.74, 6) is 2.38. The molecule has 4 bridgehead atoms. The molecule has 0 spiro atoms. The molecule has 8 heteroatoms. The van der Waals surface area contributed by atoms with E-state index in [1.165, 1.54) is 24.8 Å². The summed E-state index contributed by atoms with van der Waals surface area (Å²) in [6.45, 7) is 6.46. The zero-order valence-corrected chi connectivity index (χ0v) is 32.0. The molecule has 4 aromatic rings. The lowest BCUT2D eigenvalue weighted by Crippen LogP contribution is -2.61. The summed E-state index contributed by atoms with van der Waals surface area (Å²) in [7, 11) is 0. The van der Waals surface area contributed by atoms with E-state index in [0.717, 1.165) is 116 Å². The molecule has 3 N–H and O–H groups in total. The normalized spacial score (nSPS) is 29.3. The number of urea groups is 1. The first-order valence-electron chi connectivity index (χ1n) is 20.7. The largest absolute Gasteiger partial charge is 0.392 e. The van der Waals surface area contributed by atoms with Crippen LogP contribution in [0.5, 0.6) is 0 Å². The fourth-order valence-corrected chi connectivity index (χ4v) is 10.8. The maximum Gasteiger partial charge on any atom is 0.315 e. The summed E-state index contributed by atoms with van der Waals surface area (Å²) in [6.07, 6.45) is 7.69. The van der Waals surface area contributed by atoms with Crippen molar-refractivity contribution in [2.75, 3.05) is 32.7 Å². The molecule has 4 saturated carbocycles. The molecule has 3 atom stereocenters. The van der Waals surface area contributed by atoms with Crippen molar-refractivity contribution in [1.82, 2.24) is 20.4 Å². The van der Waals surface area contributed by atoms with Crippen LogP contribution in [0.3, 0.4) is 0 Å². The average Bonchev–Trinajstić information content (AvgIpc) is 3.21. The fraction of sp³-hybridized carbons (Fsp3) is 0.468. The lowest BCUT2D eigenvalue weighted by molar-refractivity contribution is -0.253. The Kier molecular flexibility index (Phi) is 10.8. The van der Waals surface area contributed by atoms with Gasteiger partial charge in [0.15, 0.2) is 6.29 Å². The van der Waals surface area contributed by atoms with Gasteiger partial charge >= 0.3 is 6.03 Å². The Morgan fingerprint density at radius 2 is 1.33 bits per heavy atom. The number of amides is 2. The van der Waals surface area contributed by atoms with E-state index in [2.05, 4.69) is 105 Å². The number of aliphatic hydroxyl groups excluding tert-OH is 1. The van der Waals surface area contributed by atoms with E-state index in [1.807, 2.05) is 18.2 Å². The summed E-state index contributed by atoms with van der Waals surface area (Å²) >= 11 is 0. The van der Waals surface area contributed by atoms with Crippen LogP contribution in [-0.2, 0) is 29.2 Å². The van der Waals surface area contributed by atoms with Gasteiger partial charge in [-0.2, -0.15) is 0 Å². The van der Waals surface area contributed by atoms with Gasteiger partial charge in [-0.3, -0.25) is 9.80 Å². The fourth-order valence-electron chi connectivity index (χ4n) is 10.8. The zero-order chi connectivity index (χ0) is 37.2. The highest BCUT2D eigenvalue weighted by Gasteiger charge is 2.51. The van der Waals surface area contributed by atoms with Crippen molar-refractivity contribution in [2.24, 2.45) is 17.8 Å². The van der Waals surface area contributed by atoms with Gasteiger partial charge in [0.05, 0.1) is 18.8 Å². The Balaban J connectivity index is 0.854. The number of aliphatic hydroxyl groups is 1. The molecule has 4 aliphatic carbocycles. The molecule has 4 aromatic carbocycles. The van der Waals surface area contributed by atoms with Crippen LogP contribution in [0.2, 0.25) is 0 Å². The number of piperazine rings is 1. The second-order valence-corrected chi connectivity index (χ2v) is 17.2. The van der Waals surface area contributed by atoms with Crippen molar-refractivity contribution in [2.45, 2.75) is 88.7 Å². The molecule has 0 radical (unpaired) electrons. The van der Waals surface area contributed by atoms with Gasteiger partial charge in [-0.15, -0.1) is 0 Å². The van der Waals surface area contributed by atoms with Crippen molar-refractivity contribution in [1.29, 1.82) is 0 Å². The van der Waals surface area contributed by atoms with Gasteiger partial charge in [0.25, 0.3) is 0 Å². The minimum atomic E-state index is -0.500. The first kappa shape index (κ1) is 36.6. The number of carbonyl (C=O) groups excluding carboxylic acids is 1. The van der Waals surface area contributed by atoms with E-state index < -0.39 is 6.29 Å². The zero-order valence-electron chi connectivity index (χ0n) is 32.0. The Morgan fingerprint density at radius 3 is 2.02 bits per heavy atom. The number of carbonyl (C=O) groups is 1. The number of benzene rings is 4. The summed E-state index contributed by atoms with van der Waals surface area (Å²) < 4.78 is 13.5. The standard InChI is InChI=1S/C47H56N4O4/c52-32-34-10-12-39(13-11-34)44-25-42(31-51-20-18-50(19-21-51)30-33-6-2-1-3-7-33)54-45(55-44)40-16-14-38(15-17-40)43-9-5-4-8-41(43)29-48-46(53)49-47-26-35-22-36(27-47)24-37(23-35)28-47/h1-17,35-37,42,44-45,52H,18-32H2,(H2,48,49,53)/t35?,36?,37?,42-,44+,45+,47?/m1/s1. The van der Waals surface area contributed by atoms with Gasteiger partial charge < -0.3 is 25.2 Å². The van der Waals surface area contributed by atoms with Crippen LogP contribution in [0.25, 0.3) is 11.1 Å². The quantitative estimate of drug-likeness (QED) is 0.145. The second-order valence-electron chi connectivity index (χ2n) is 17.2. The molecule has 2 saturated heterocycles. The number of nitrogens with zero attached hydrogens (tertiary/aromatic N) is 2. The van der Waals surface area contributed by atoms with Gasteiger partial charge in [-0.25, -0.2) is 4.79 Å². The average molecular weight is 741 g/mol. The molecule has 6 fully saturated rings. The maximum absolute atomic E-state index is 13.3. The SMILES string of the molecule is O=C(NCc1ccccc1-c1ccc([C@H]2O[C@@H](CN3CCN(Cc4ccccc4)CC3)C[C@@H](c3ccc(CO)cc3)O2)cc1)NC12CC3CC(CC(C3)C1)C2. The predicted molar refractivity (Wildman–Crippen MR) is 215 cm³/mol. The van der Waals surface area contributed by atoms with E-state index in [4.69, 9.17) is 9.47 Å². The molecule has 55 heavy (non-hydrogen) atoms. The molecule has 8 nitrogen and oxygen atoms in total. The van der Waals surface area contributed by atoms with E-state index in [0.29, 0.717) is 6.54 Å². The summed E-state index contributed by atoms with van der Waals surface area (Å²) in [5, 5.41) is 16.3. The van der Waals surface area contributed by atoms with E-state index in [9.17, 15) is 9.90 Å². The Morgan fingerprint density at radius 1 is 0.691 bits per heavy atom. The molecule has 2 amide bonds. The smallest absolute Gasteiger partial charge is 0.315 e. The van der Waals surface area contributed by atoms with Gasteiger partial charge in [-0.05, 0) is 89.7 Å². The third-order valence-electron chi connectivity index (χ3n) is 13.2. The molecule has 288 valence electrons. The molecule has 0 aromatic heterocycles. The number of rotatable bonds is 11. The monoisotopic (exact) mass is 740 g/mol. The van der Waals surface area contributed by atoms with Crippen LogP contribution in [0.1, 0.15) is 85.2 Å². The lowest BCUT2D eigenvalue weighted by Gasteiger charge is -2.56. The van der Waals surface area contributed by atoms with Crippen molar-refractivity contribution in [3.8, 4) is 11.1 Å².